The molecular formula is C9H12N2O2. The van der Waals surface area contributed by atoms with E-state index in [-0.39, 0.29) is 5.78 Å². The van der Waals surface area contributed by atoms with Crippen molar-refractivity contribution in [3.05, 3.63) is 30.1 Å². The summed E-state index contributed by atoms with van der Waals surface area (Å²) in [7, 11) is 0. The third-order valence-corrected chi connectivity index (χ3v) is 1.77. The van der Waals surface area contributed by atoms with Crippen LogP contribution in [0.3, 0.4) is 0 Å². The summed E-state index contributed by atoms with van der Waals surface area (Å²) < 4.78 is 0. The number of aromatic nitrogens is 1. The Labute approximate surface area is 76.4 Å². The Kier molecular flexibility index (Phi) is 3.54. The highest BCUT2D eigenvalue weighted by Crippen LogP contribution is 2.00. The summed E-state index contributed by atoms with van der Waals surface area (Å²) >= 11 is 0. The molecule has 0 radical (unpaired) electrons. The Balaban J connectivity index is 2.55. The van der Waals surface area contributed by atoms with E-state index in [1.807, 2.05) is 0 Å². The predicted octanol–water partition coefficient (Wildman–Crippen LogP) is -0.487. The van der Waals surface area contributed by atoms with E-state index < -0.39 is 12.6 Å². The topological polar surface area (TPSA) is 76.2 Å². The first kappa shape index (κ1) is 9.83. The van der Waals surface area contributed by atoms with E-state index in [1.165, 1.54) is 0 Å². The van der Waals surface area contributed by atoms with Crippen molar-refractivity contribution in [1.82, 2.24) is 4.98 Å². The molecule has 0 aliphatic heterocycles. The monoisotopic (exact) mass is 180 g/mol. The maximum absolute atomic E-state index is 10.9. The molecule has 0 aliphatic rings. The number of aliphatic hydroxyl groups is 1. The summed E-state index contributed by atoms with van der Waals surface area (Å²) in [6.07, 6.45) is 3.73. The maximum atomic E-state index is 10.9. The lowest BCUT2D eigenvalue weighted by atomic mass is 10.1. The predicted molar refractivity (Wildman–Crippen MR) is 48.0 cm³/mol. The molecule has 0 fully saturated rings. The van der Waals surface area contributed by atoms with Crippen molar-refractivity contribution in [3.63, 3.8) is 0 Å². The Hall–Kier alpha value is -1.26. The zero-order valence-corrected chi connectivity index (χ0v) is 7.18. The van der Waals surface area contributed by atoms with Gasteiger partial charge in [-0.25, -0.2) is 0 Å². The third kappa shape index (κ3) is 2.93. The van der Waals surface area contributed by atoms with Gasteiger partial charge in [-0.15, -0.1) is 0 Å². The number of carbonyl (C=O) groups excluding carboxylic acids is 1. The van der Waals surface area contributed by atoms with Crippen LogP contribution < -0.4 is 5.73 Å². The number of rotatable bonds is 4. The van der Waals surface area contributed by atoms with Gasteiger partial charge in [0.15, 0.2) is 5.78 Å². The van der Waals surface area contributed by atoms with Crippen LogP contribution in [0.5, 0.6) is 0 Å². The fraction of sp³-hybridized carbons (Fsp3) is 0.333. The van der Waals surface area contributed by atoms with Gasteiger partial charge in [0.1, 0.15) is 6.61 Å². The van der Waals surface area contributed by atoms with E-state index in [1.54, 1.807) is 24.5 Å². The van der Waals surface area contributed by atoms with Crippen LogP contribution in [0, 0.1) is 0 Å². The molecule has 3 N–H and O–H groups in total. The smallest absolute Gasteiger partial charge is 0.175 e. The molecule has 0 aromatic carbocycles. The first-order valence-electron chi connectivity index (χ1n) is 4.02. The summed E-state index contributed by atoms with van der Waals surface area (Å²) in [4.78, 5) is 14.8. The van der Waals surface area contributed by atoms with Gasteiger partial charge in [-0.3, -0.25) is 9.78 Å². The number of nitrogens with two attached hydrogens (primary N) is 1. The van der Waals surface area contributed by atoms with Crippen molar-refractivity contribution < 1.29 is 9.90 Å². The van der Waals surface area contributed by atoms with Crippen LogP contribution in [-0.4, -0.2) is 28.5 Å². The van der Waals surface area contributed by atoms with Gasteiger partial charge in [0.05, 0.1) is 6.04 Å². The number of pyridine rings is 1. The molecule has 4 nitrogen and oxygen atoms in total. The second-order valence-corrected chi connectivity index (χ2v) is 2.79. The van der Waals surface area contributed by atoms with Crippen molar-refractivity contribution in [1.29, 1.82) is 0 Å². The van der Waals surface area contributed by atoms with Crippen LogP contribution in [-0.2, 0) is 11.2 Å². The van der Waals surface area contributed by atoms with Gasteiger partial charge in [-0.05, 0) is 24.1 Å². The number of hydrogen-bond acceptors (Lipinski definition) is 4. The number of nitrogens with zero attached hydrogens (tertiary/aromatic N) is 1. The van der Waals surface area contributed by atoms with E-state index in [4.69, 9.17) is 10.8 Å². The van der Waals surface area contributed by atoms with E-state index >= 15 is 0 Å². The normalized spacial score (nSPS) is 12.5. The van der Waals surface area contributed by atoms with Gasteiger partial charge in [0.25, 0.3) is 0 Å². The number of ketones is 1. The van der Waals surface area contributed by atoms with Gasteiger partial charge >= 0.3 is 0 Å². The molecule has 4 heteroatoms. The number of Topliss-reactive ketones (excluding diaryl/α,β-unsaturated/α-hetero) is 1. The summed E-state index contributed by atoms with van der Waals surface area (Å²) in [6.45, 7) is -0.494. The number of hydrogen-bond donors (Lipinski definition) is 2. The molecule has 13 heavy (non-hydrogen) atoms. The standard InChI is InChI=1S/C9H12N2O2/c10-8(9(13)6-12)5-7-1-3-11-4-2-7/h1-4,8,12H,5-6,10H2. The van der Waals surface area contributed by atoms with Crippen LogP contribution in [0.2, 0.25) is 0 Å². The Bertz CT molecular complexity index is 274. The highest BCUT2D eigenvalue weighted by atomic mass is 16.3. The minimum Gasteiger partial charge on any atom is -0.389 e. The fourth-order valence-electron chi connectivity index (χ4n) is 1.00. The first-order chi connectivity index (χ1) is 6.24. The van der Waals surface area contributed by atoms with Crippen LogP contribution in [0.1, 0.15) is 5.56 Å². The minimum atomic E-state index is -0.618. The molecule has 1 rings (SSSR count). The van der Waals surface area contributed by atoms with Crippen molar-refractivity contribution in [2.24, 2.45) is 5.73 Å². The second kappa shape index (κ2) is 4.69. The molecule has 1 unspecified atom stereocenters. The lowest BCUT2D eigenvalue weighted by Gasteiger charge is -2.07. The number of carbonyl (C=O) groups is 1. The summed E-state index contributed by atoms with van der Waals surface area (Å²) in [5.74, 6) is -0.336. The van der Waals surface area contributed by atoms with Gasteiger partial charge in [0.2, 0.25) is 0 Å². The average molecular weight is 180 g/mol. The van der Waals surface area contributed by atoms with E-state index in [0.29, 0.717) is 6.42 Å². The van der Waals surface area contributed by atoms with E-state index in [0.717, 1.165) is 5.56 Å². The largest absolute Gasteiger partial charge is 0.389 e. The fourth-order valence-corrected chi connectivity index (χ4v) is 1.00. The second-order valence-electron chi connectivity index (χ2n) is 2.79. The summed E-state index contributed by atoms with van der Waals surface area (Å²) in [5, 5.41) is 8.54. The average Bonchev–Trinajstić information content (AvgIpc) is 2.18. The zero-order chi connectivity index (χ0) is 9.68. The van der Waals surface area contributed by atoms with Crippen LogP contribution in [0.25, 0.3) is 0 Å². The Morgan fingerprint density at radius 1 is 1.54 bits per heavy atom. The SMILES string of the molecule is NC(Cc1ccncc1)C(=O)CO. The molecule has 70 valence electrons. The van der Waals surface area contributed by atoms with E-state index in [2.05, 4.69) is 4.98 Å². The van der Waals surface area contributed by atoms with Crippen molar-refractivity contribution in [3.8, 4) is 0 Å². The van der Waals surface area contributed by atoms with Crippen LogP contribution in [0.4, 0.5) is 0 Å². The van der Waals surface area contributed by atoms with E-state index in [9.17, 15) is 4.79 Å². The minimum absolute atomic E-state index is 0.336. The van der Waals surface area contributed by atoms with Gasteiger partial charge in [-0.2, -0.15) is 0 Å². The Morgan fingerprint density at radius 2 is 2.15 bits per heavy atom. The quantitative estimate of drug-likeness (QED) is 0.655. The highest BCUT2D eigenvalue weighted by Gasteiger charge is 2.11. The molecule has 1 heterocycles. The van der Waals surface area contributed by atoms with Gasteiger partial charge < -0.3 is 10.8 Å². The first-order valence-corrected chi connectivity index (χ1v) is 4.02. The van der Waals surface area contributed by atoms with Crippen LogP contribution in [0.15, 0.2) is 24.5 Å². The summed E-state index contributed by atoms with van der Waals surface area (Å²) in [6, 6.07) is 2.97. The summed E-state index contributed by atoms with van der Waals surface area (Å²) in [5.41, 5.74) is 6.48. The van der Waals surface area contributed by atoms with Crippen molar-refractivity contribution in [2.45, 2.75) is 12.5 Å². The lowest BCUT2D eigenvalue weighted by Crippen LogP contribution is -2.34. The van der Waals surface area contributed by atoms with Crippen LogP contribution >= 0.6 is 0 Å². The van der Waals surface area contributed by atoms with Gasteiger partial charge in [-0.1, -0.05) is 0 Å². The zero-order valence-electron chi connectivity index (χ0n) is 7.18. The lowest BCUT2D eigenvalue weighted by molar-refractivity contribution is -0.122. The molecule has 0 spiro atoms. The number of aliphatic hydroxyl groups excluding tert-OH is 1. The van der Waals surface area contributed by atoms with Crippen molar-refractivity contribution in [2.75, 3.05) is 6.61 Å². The van der Waals surface area contributed by atoms with Crippen molar-refractivity contribution >= 4 is 5.78 Å². The molecule has 0 aliphatic carbocycles. The molecule has 0 saturated heterocycles. The molecule has 1 aromatic rings. The highest BCUT2D eigenvalue weighted by molar-refractivity contribution is 5.84. The van der Waals surface area contributed by atoms with Gasteiger partial charge in [0, 0.05) is 12.4 Å². The molecule has 0 amide bonds. The molecule has 0 bridgehead atoms. The molecule has 0 saturated carbocycles. The Morgan fingerprint density at radius 3 is 2.69 bits per heavy atom. The molecule has 1 aromatic heterocycles. The third-order valence-electron chi connectivity index (χ3n) is 1.77. The maximum Gasteiger partial charge on any atom is 0.175 e. The molecular weight excluding hydrogens is 168 g/mol. The molecule has 1 atom stereocenters.